The van der Waals surface area contributed by atoms with Gasteiger partial charge in [-0.2, -0.15) is 0 Å². The van der Waals surface area contributed by atoms with Crippen LogP contribution in [0.3, 0.4) is 0 Å². The fourth-order valence-corrected chi connectivity index (χ4v) is 2.91. The molecular weight excluding hydrogens is 258 g/mol. The number of hydrogen-bond donors (Lipinski definition) is 3. The summed E-state index contributed by atoms with van der Waals surface area (Å²) in [5.41, 5.74) is 23.9. The number of nitrogens with two attached hydrogens (primary N) is 3. The molecule has 0 radical (unpaired) electrons. The first-order valence-corrected chi connectivity index (χ1v) is 7.61. The van der Waals surface area contributed by atoms with Gasteiger partial charge in [-0.3, -0.25) is 0 Å². The van der Waals surface area contributed by atoms with E-state index in [0.29, 0.717) is 19.6 Å². The molecule has 112 valence electrons. The zero-order valence-electron chi connectivity index (χ0n) is 12.5. The van der Waals surface area contributed by atoms with Crippen LogP contribution < -0.4 is 17.2 Å². The zero-order valence-corrected chi connectivity index (χ0v) is 12.5. The Morgan fingerprint density at radius 2 is 1.24 bits per heavy atom. The lowest BCUT2D eigenvalue weighted by molar-refractivity contribution is 0.869. The van der Waals surface area contributed by atoms with E-state index in [-0.39, 0.29) is 0 Å². The third-order valence-corrected chi connectivity index (χ3v) is 3.82. The van der Waals surface area contributed by atoms with Gasteiger partial charge in [-0.1, -0.05) is 42.5 Å². The Morgan fingerprint density at radius 1 is 0.619 bits per heavy atom. The van der Waals surface area contributed by atoms with Crippen molar-refractivity contribution in [2.24, 2.45) is 17.2 Å². The van der Waals surface area contributed by atoms with E-state index < -0.39 is 0 Å². The van der Waals surface area contributed by atoms with E-state index in [1.54, 1.807) is 0 Å². The van der Waals surface area contributed by atoms with Crippen molar-refractivity contribution < 1.29 is 0 Å². The monoisotopic (exact) mass is 283 g/mol. The summed E-state index contributed by atoms with van der Waals surface area (Å²) in [7, 11) is 0. The van der Waals surface area contributed by atoms with E-state index in [9.17, 15) is 0 Å². The van der Waals surface area contributed by atoms with Crippen LogP contribution in [0.2, 0.25) is 0 Å². The highest BCUT2D eigenvalue weighted by Crippen LogP contribution is 2.29. The summed E-state index contributed by atoms with van der Waals surface area (Å²) in [6.45, 7) is 1.95. The first-order valence-electron chi connectivity index (χ1n) is 7.61. The number of rotatable bonds is 7. The van der Waals surface area contributed by atoms with Gasteiger partial charge in [0.05, 0.1) is 0 Å². The fraction of sp³-hybridized carbons (Fsp3) is 0.333. The highest BCUT2D eigenvalue weighted by atomic mass is 14.5. The second kappa shape index (κ2) is 7.93. The van der Waals surface area contributed by atoms with E-state index >= 15 is 0 Å². The standard InChI is InChI=1S/C18H25N3/c19-11-8-15-6-7-16(14-4-2-1-3-5-14)18(10-13-21)17(15)9-12-20/h1-7H,8-13,19-21H2. The molecule has 0 atom stereocenters. The molecule has 3 nitrogen and oxygen atoms in total. The molecule has 2 aromatic rings. The van der Waals surface area contributed by atoms with E-state index in [2.05, 4.69) is 36.4 Å². The van der Waals surface area contributed by atoms with Crippen molar-refractivity contribution in [2.75, 3.05) is 19.6 Å². The molecule has 0 saturated heterocycles. The van der Waals surface area contributed by atoms with Crippen LogP contribution in [0.1, 0.15) is 16.7 Å². The lowest BCUT2D eigenvalue weighted by Crippen LogP contribution is -2.14. The lowest BCUT2D eigenvalue weighted by Gasteiger charge is -2.18. The van der Waals surface area contributed by atoms with Crippen molar-refractivity contribution >= 4 is 0 Å². The van der Waals surface area contributed by atoms with Crippen molar-refractivity contribution in [1.29, 1.82) is 0 Å². The Morgan fingerprint density at radius 3 is 1.86 bits per heavy atom. The quantitative estimate of drug-likeness (QED) is 0.725. The van der Waals surface area contributed by atoms with Crippen molar-refractivity contribution in [3.05, 3.63) is 59.2 Å². The molecule has 0 saturated carbocycles. The number of benzene rings is 2. The molecule has 21 heavy (non-hydrogen) atoms. The molecule has 0 aliphatic heterocycles. The number of hydrogen-bond acceptors (Lipinski definition) is 3. The Balaban J connectivity index is 2.57. The molecule has 0 spiro atoms. The highest BCUT2D eigenvalue weighted by Gasteiger charge is 2.13. The van der Waals surface area contributed by atoms with Crippen molar-refractivity contribution in [1.82, 2.24) is 0 Å². The Labute approximate surface area is 127 Å². The minimum atomic E-state index is 0.642. The van der Waals surface area contributed by atoms with Crippen LogP contribution in [-0.2, 0) is 19.3 Å². The molecular formula is C18H25N3. The normalized spacial score (nSPS) is 10.8. The molecule has 6 N–H and O–H groups in total. The molecule has 0 amide bonds. The van der Waals surface area contributed by atoms with E-state index in [1.807, 2.05) is 6.07 Å². The third kappa shape index (κ3) is 3.70. The molecule has 0 bridgehead atoms. The third-order valence-electron chi connectivity index (χ3n) is 3.82. The minimum Gasteiger partial charge on any atom is -0.330 e. The Kier molecular flexibility index (Phi) is 5.93. The lowest BCUT2D eigenvalue weighted by atomic mass is 9.87. The Hall–Kier alpha value is -1.68. The van der Waals surface area contributed by atoms with Crippen LogP contribution in [-0.4, -0.2) is 19.6 Å². The van der Waals surface area contributed by atoms with Crippen LogP contribution >= 0.6 is 0 Å². The average molecular weight is 283 g/mol. The molecule has 3 heteroatoms. The minimum absolute atomic E-state index is 0.642. The van der Waals surface area contributed by atoms with Gasteiger partial charge in [0, 0.05) is 0 Å². The molecule has 0 aliphatic carbocycles. The molecule has 2 rings (SSSR count). The molecule has 0 aromatic heterocycles. The molecule has 2 aromatic carbocycles. The van der Waals surface area contributed by atoms with Gasteiger partial charge in [-0.05, 0) is 66.7 Å². The van der Waals surface area contributed by atoms with Crippen molar-refractivity contribution in [3.8, 4) is 11.1 Å². The molecule has 0 aliphatic rings. The van der Waals surface area contributed by atoms with Gasteiger partial charge in [0.2, 0.25) is 0 Å². The van der Waals surface area contributed by atoms with E-state index in [1.165, 1.54) is 27.8 Å². The maximum atomic E-state index is 5.84. The summed E-state index contributed by atoms with van der Waals surface area (Å²) in [5, 5.41) is 0. The van der Waals surface area contributed by atoms with Gasteiger partial charge in [0.1, 0.15) is 0 Å². The van der Waals surface area contributed by atoms with Crippen LogP contribution in [0.25, 0.3) is 11.1 Å². The predicted molar refractivity (Wildman–Crippen MR) is 90.2 cm³/mol. The smallest absolute Gasteiger partial charge is 0.00364 e. The van der Waals surface area contributed by atoms with Crippen LogP contribution in [0.4, 0.5) is 0 Å². The van der Waals surface area contributed by atoms with E-state index in [4.69, 9.17) is 17.2 Å². The van der Waals surface area contributed by atoms with Gasteiger partial charge in [0.15, 0.2) is 0 Å². The Bertz CT molecular complexity index is 564. The summed E-state index contributed by atoms with van der Waals surface area (Å²) in [4.78, 5) is 0. The first kappa shape index (κ1) is 15.7. The van der Waals surface area contributed by atoms with Crippen LogP contribution in [0.5, 0.6) is 0 Å². The second-order valence-electron chi connectivity index (χ2n) is 5.21. The maximum absolute atomic E-state index is 5.84. The van der Waals surface area contributed by atoms with Gasteiger partial charge in [-0.25, -0.2) is 0 Å². The molecule has 0 heterocycles. The van der Waals surface area contributed by atoms with Crippen molar-refractivity contribution in [3.63, 3.8) is 0 Å². The summed E-state index contributed by atoms with van der Waals surface area (Å²) < 4.78 is 0. The second-order valence-corrected chi connectivity index (χ2v) is 5.21. The summed E-state index contributed by atoms with van der Waals surface area (Å²) in [5.74, 6) is 0. The van der Waals surface area contributed by atoms with Crippen LogP contribution in [0, 0.1) is 0 Å². The fourth-order valence-electron chi connectivity index (χ4n) is 2.91. The summed E-state index contributed by atoms with van der Waals surface area (Å²) in [6.07, 6.45) is 2.64. The predicted octanol–water partition coefficient (Wildman–Crippen LogP) is 1.86. The molecule has 0 fully saturated rings. The summed E-state index contributed by atoms with van der Waals surface area (Å²) in [6, 6.07) is 14.9. The van der Waals surface area contributed by atoms with Gasteiger partial charge < -0.3 is 17.2 Å². The van der Waals surface area contributed by atoms with Crippen LogP contribution in [0.15, 0.2) is 42.5 Å². The largest absolute Gasteiger partial charge is 0.330 e. The highest BCUT2D eigenvalue weighted by molar-refractivity contribution is 5.70. The summed E-state index contributed by atoms with van der Waals surface area (Å²) >= 11 is 0. The first-order chi connectivity index (χ1) is 10.3. The van der Waals surface area contributed by atoms with Gasteiger partial charge in [-0.15, -0.1) is 0 Å². The average Bonchev–Trinajstić information content (AvgIpc) is 2.52. The molecule has 0 unspecified atom stereocenters. The zero-order chi connectivity index (χ0) is 15.1. The van der Waals surface area contributed by atoms with Crippen molar-refractivity contribution in [2.45, 2.75) is 19.3 Å². The SMILES string of the molecule is NCCc1ccc(-c2ccccc2)c(CCN)c1CCN. The topological polar surface area (TPSA) is 78.1 Å². The van der Waals surface area contributed by atoms with Gasteiger partial charge in [0.25, 0.3) is 0 Å². The van der Waals surface area contributed by atoms with E-state index in [0.717, 1.165) is 19.3 Å². The van der Waals surface area contributed by atoms with Gasteiger partial charge >= 0.3 is 0 Å². The maximum Gasteiger partial charge on any atom is -0.00364 e.